The SMILES string of the molecule is CCN(CC(N)=O)c1nc(C)ccc1C#N. The molecular weight excluding hydrogens is 204 g/mol. The summed E-state index contributed by atoms with van der Waals surface area (Å²) in [6, 6.07) is 5.51. The number of primary amides is 1. The third-order valence-electron chi connectivity index (χ3n) is 2.16. The van der Waals surface area contributed by atoms with Crippen LogP contribution in [0, 0.1) is 18.3 Å². The van der Waals surface area contributed by atoms with Gasteiger partial charge in [-0.3, -0.25) is 4.79 Å². The number of nitrogens with two attached hydrogens (primary N) is 1. The first-order valence-electron chi connectivity index (χ1n) is 4.99. The fourth-order valence-electron chi connectivity index (χ4n) is 1.40. The van der Waals surface area contributed by atoms with Gasteiger partial charge in [0, 0.05) is 12.2 Å². The predicted molar refractivity (Wildman–Crippen MR) is 60.8 cm³/mol. The minimum absolute atomic E-state index is 0.0711. The molecule has 0 fully saturated rings. The first-order chi connectivity index (χ1) is 7.58. The Morgan fingerprint density at radius 2 is 2.31 bits per heavy atom. The Labute approximate surface area is 94.5 Å². The van der Waals surface area contributed by atoms with Crippen LogP contribution >= 0.6 is 0 Å². The summed E-state index contributed by atoms with van der Waals surface area (Å²) in [6.45, 7) is 4.37. The van der Waals surface area contributed by atoms with Crippen molar-refractivity contribution in [3.63, 3.8) is 0 Å². The van der Waals surface area contributed by atoms with Crippen LogP contribution in [-0.2, 0) is 4.79 Å². The standard InChI is InChI=1S/C11H14N4O/c1-3-15(7-10(13)16)11-9(6-12)5-4-8(2)14-11/h4-5H,3,7H2,1-2H3,(H2,13,16). The highest BCUT2D eigenvalue weighted by Crippen LogP contribution is 2.17. The van der Waals surface area contributed by atoms with Crippen LogP contribution in [0.1, 0.15) is 18.2 Å². The topological polar surface area (TPSA) is 83.0 Å². The molecule has 0 aliphatic heterocycles. The van der Waals surface area contributed by atoms with Crippen LogP contribution < -0.4 is 10.6 Å². The molecule has 0 atom stereocenters. The third kappa shape index (κ3) is 2.70. The van der Waals surface area contributed by atoms with Gasteiger partial charge >= 0.3 is 0 Å². The van der Waals surface area contributed by atoms with Gasteiger partial charge in [-0.1, -0.05) is 0 Å². The Hall–Kier alpha value is -2.09. The summed E-state index contributed by atoms with van der Waals surface area (Å²) in [5.41, 5.74) is 6.40. The van der Waals surface area contributed by atoms with Crippen molar-refractivity contribution < 1.29 is 4.79 Å². The van der Waals surface area contributed by atoms with Gasteiger partial charge in [-0.25, -0.2) is 4.98 Å². The highest BCUT2D eigenvalue weighted by molar-refractivity contribution is 5.79. The monoisotopic (exact) mass is 218 g/mol. The van der Waals surface area contributed by atoms with Gasteiger partial charge in [-0.05, 0) is 26.0 Å². The Balaban J connectivity index is 3.13. The molecule has 84 valence electrons. The number of hydrogen-bond acceptors (Lipinski definition) is 4. The van der Waals surface area contributed by atoms with E-state index in [0.29, 0.717) is 17.9 Å². The molecule has 1 heterocycles. The predicted octanol–water partition coefficient (Wildman–Crippen LogP) is 0.573. The summed E-state index contributed by atoms with van der Waals surface area (Å²) in [5.74, 6) is 0.0813. The van der Waals surface area contributed by atoms with E-state index in [4.69, 9.17) is 11.0 Å². The summed E-state index contributed by atoms with van der Waals surface area (Å²) in [4.78, 5) is 16.8. The summed E-state index contributed by atoms with van der Waals surface area (Å²) >= 11 is 0. The molecule has 0 aliphatic carbocycles. The number of nitrogens with zero attached hydrogens (tertiary/aromatic N) is 3. The summed E-state index contributed by atoms with van der Waals surface area (Å²) in [7, 11) is 0. The molecule has 1 aromatic rings. The van der Waals surface area contributed by atoms with Crippen molar-refractivity contribution in [3.8, 4) is 6.07 Å². The van der Waals surface area contributed by atoms with Gasteiger partial charge in [0.2, 0.25) is 5.91 Å². The number of nitriles is 1. The van der Waals surface area contributed by atoms with Gasteiger partial charge in [-0.2, -0.15) is 5.26 Å². The number of aromatic nitrogens is 1. The van der Waals surface area contributed by atoms with Crippen molar-refractivity contribution in [2.24, 2.45) is 5.73 Å². The zero-order chi connectivity index (χ0) is 12.1. The first kappa shape index (κ1) is 12.0. The number of amides is 1. The van der Waals surface area contributed by atoms with E-state index in [1.807, 2.05) is 13.8 Å². The number of aryl methyl sites for hydroxylation is 1. The number of hydrogen-bond donors (Lipinski definition) is 1. The Morgan fingerprint density at radius 1 is 1.62 bits per heavy atom. The highest BCUT2D eigenvalue weighted by Gasteiger charge is 2.13. The normalized spacial score (nSPS) is 9.56. The number of carbonyl (C=O) groups is 1. The van der Waals surface area contributed by atoms with E-state index in [9.17, 15) is 4.79 Å². The maximum atomic E-state index is 10.9. The molecule has 0 unspecified atom stereocenters. The van der Waals surface area contributed by atoms with E-state index >= 15 is 0 Å². The van der Waals surface area contributed by atoms with E-state index in [1.165, 1.54) is 0 Å². The molecule has 0 aliphatic rings. The van der Waals surface area contributed by atoms with E-state index < -0.39 is 5.91 Å². The van der Waals surface area contributed by atoms with E-state index in [1.54, 1.807) is 17.0 Å². The van der Waals surface area contributed by atoms with Crippen molar-refractivity contribution in [3.05, 3.63) is 23.4 Å². The minimum Gasteiger partial charge on any atom is -0.368 e. The molecule has 0 radical (unpaired) electrons. The molecule has 5 heteroatoms. The van der Waals surface area contributed by atoms with Crippen LogP contribution in [0.25, 0.3) is 0 Å². The second-order valence-corrected chi connectivity index (χ2v) is 3.42. The lowest BCUT2D eigenvalue weighted by Gasteiger charge is -2.21. The number of carbonyl (C=O) groups excluding carboxylic acids is 1. The first-order valence-corrected chi connectivity index (χ1v) is 4.99. The van der Waals surface area contributed by atoms with Crippen molar-refractivity contribution >= 4 is 11.7 Å². The van der Waals surface area contributed by atoms with E-state index in [2.05, 4.69) is 11.1 Å². The van der Waals surface area contributed by atoms with Crippen LogP contribution in [-0.4, -0.2) is 24.0 Å². The average Bonchev–Trinajstić information content (AvgIpc) is 2.25. The largest absolute Gasteiger partial charge is 0.368 e. The summed E-state index contributed by atoms with van der Waals surface area (Å²) in [5, 5.41) is 8.96. The smallest absolute Gasteiger partial charge is 0.236 e. The Kier molecular flexibility index (Phi) is 3.84. The fraction of sp³-hybridized carbons (Fsp3) is 0.364. The van der Waals surface area contributed by atoms with Crippen LogP contribution in [0.3, 0.4) is 0 Å². The van der Waals surface area contributed by atoms with Crippen molar-refractivity contribution in [2.75, 3.05) is 18.0 Å². The van der Waals surface area contributed by atoms with E-state index in [-0.39, 0.29) is 6.54 Å². The van der Waals surface area contributed by atoms with Crippen LogP contribution in [0.4, 0.5) is 5.82 Å². The molecule has 0 bridgehead atoms. The van der Waals surface area contributed by atoms with Gasteiger partial charge in [0.25, 0.3) is 0 Å². The quantitative estimate of drug-likeness (QED) is 0.801. The zero-order valence-electron chi connectivity index (χ0n) is 9.40. The van der Waals surface area contributed by atoms with Gasteiger partial charge in [0.05, 0.1) is 12.1 Å². The molecular formula is C11H14N4O. The Bertz CT molecular complexity index is 436. The molecule has 0 saturated carbocycles. The molecule has 5 nitrogen and oxygen atoms in total. The van der Waals surface area contributed by atoms with Crippen molar-refractivity contribution in [2.45, 2.75) is 13.8 Å². The van der Waals surface area contributed by atoms with E-state index in [0.717, 1.165) is 5.69 Å². The third-order valence-corrected chi connectivity index (χ3v) is 2.16. The second kappa shape index (κ2) is 5.12. The number of pyridine rings is 1. The lowest BCUT2D eigenvalue weighted by Crippen LogP contribution is -2.34. The maximum absolute atomic E-state index is 10.9. The highest BCUT2D eigenvalue weighted by atomic mass is 16.1. The molecule has 1 amide bonds. The van der Waals surface area contributed by atoms with Crippen molar-refractivity contribution in [1.82, 2.24) is 4.98 Å². The molecule has 1 aromatic heterocycles. The second-order valence-electron chi connectivity index (χ2n) is 3.42. The van der Waals surface area contributed by atoms with Gasteiger partial charge in [0.15, 0.2) is 0 Å². The molecule has 0 spiro atoms. The van der Waals surface area contributed by atoms with Crippen LogP contribution in [0.5, 0.6) is 0 Å². The molecule has 16 heavy (non-hydrogen) atoms. The van der Waals surface area contributed by atoms with Crippen LogP contribution in [0.15, 0.2) is 12.1 Å². The summed E-state index contributed by atoms with van der Waals surface area (Å²) in [6.07, 6.45) is 0. The zero-order valence-corrected chi connectivity index (χ0v) is 9.40. The van der Waals surface area contributed by atoms with Gasteiger partial charge in [-0.15, -0.1) is 0 Å². The average molecular weight is 218 g/mol. The van der Waals surface area contributed by atoms with Crippen molar-refractivity contribution in [1.29, 1.82) is 5.26 Å². The maximum Gasteiger partial charge on any atom is 0.236 e. The Morgan fingerprint density at radius 3 is 2.81 bits per heavy atom. The lowest BCUT2D eigenvalue weighted by atomic mass is 10.2. The molecule has 1 rings (SSSR count). The number of likely N-dealkylation sites (N-methyl/N-ethyl adjacent to an activating group) is 1. The number of rotatable bonds is 4. The molecule has 0 saturated heterocycles. The summed E-state index contributed by atoms with van der Waals surface area (Å²) < 4.78 is 0. The van der Waals surface area contributed by atoms with Crippen LogP contribution in [0.2, 0.25) is 0 Å². The lowest BCUT2D eigenvalue weighted by molar-refractivity contribution is -0.116. The number of anilines is 1. The van der Waals surface area contributed by atoms with Gasteiger partial charge in [0.1, 0.15) is 11.9 Å². The molecule has 2 N–H and O–H groups in total. The minimum atomic E-state index is -0.436. The fourth-order valence-corrected chi connectivity index (χ4v) is 1.40. The van der Waals surface area contributed by atoms with Gasteiger partial charge < -0.3 is 10.6 Å². The molecule has 0 aromatic carbocycles.